The first kappa shape index (κ1) is 17.2. The maximum absolute atomic E-state index is 12.6. The summed E-state index contributed by atoms with van der Waals surface area (Å²) in [5.41, 5.74) is 0. The molecule has 1 saturated carbocycles. The van der Waals surface area contributed by atoms with Crippen LogP contribution in [0.5, 0.6) is 0 Å². The molecule has 0 aromatic carbocycles. The minimum Gasteiger partial charge on any atom is -0.313 e. The van der Waals surface area contributed by atoms with E-state index in [2.05, 4.69) is 39.9 Å². The van der Waals surface area contributed by atoms with Crippen LogP contribution in [0.15, 0.2) is 0 Å². The van der Waals surface area contributed by atoms with Gasteiger partial charge in [0.05, 0.1) is 5.25 Å². The van der Waals surface area contributed by atoms with Gasteiger partial charge in [-0.25, -0.2) is 0 Å². The van der Waals surface area contributed by atoms with E-state index in [-0.39, 0.29) is 0 Å². The lowest BCUT2D eigenvalue weighted by Gasteiger charge is -2.37. The van der Waals surface area contributed by atoms with Gasteiger partial charge in [0.1, 0.15) is 0 Å². The molecule has 0 saturated heterocycles. The monoisotopic (exact) mass is 287 g/mol. The highest BCUT2D eigenvalue weighted by atomic mass is 32.2. The maximum Gasteiger partial charge on any atom is 0.0503 e. The van der Waals surface area contributed by atoms with E-state index in [1.807, 2.05) is 0 Å². The van der Waals surface area contributed by atoms with Crippen LogP contribution in [0.2, 0.25) is 0 Å². The zero-order valence-electron chi connectivity index (χ0n) is 13.4. The van der Waals surface area contributed by atoms with Crippen molar-refractivity contribution in [1.82, 2.24) is 5.32 Å². The van der Waals surface area contributed by atoms with Crippen molar-refractivity contribution in [2.45, 2.75) is 71.6 Å². The van der Waals surface area contributed by atoms with Crippen LogP contribution in [-0.4, -0.2) is 27.8 Å². The topological polar surface area (TPSA) is 29.1 Å². The molecule has 19 heavy (non-hydrogen) atoms. The Morgan fingerprint density at radius 3 is 2.42 bits per heavy atom. The predicted octanol–water partition coefficient (Wildman–Crippen LogP) is 3.58. The highest BCUT2D eigenvalue weighted by Crippen LogP contribution is 2.33. The molecule has 0 amide bonds. The van der Waals surface area contributed by atoms with Crippen molar-refractivity contribution in [2.75, 3.05) is 12.3 Å². The Morgan fingerprint density at radius 2 is 1.89 bits per heavy atom. The first-order chi connectivity index (χ1) is 8.95. The summed E-state index contributed by atoms with van der Waals surface area (Å²) in [5, 5.41) is 3.94. The second kappa shape index (κ2) is 8.41. The number of hydrogen-bond acceptors (Lipinski definition) is 2. The largest absolute Gasteiger partial charge is 0.313 e. The van der Waals surface area contributed by atoms with Gasteiger partial charge in [0, 0.05) is 22.6 Å². The molecule has 0 radical (unpaired) electrons. The van der Waals surface area contributed by atoms with Crippen molar-refractivity contribution in [1.29, 1.82) is 0 Å². The van der Waals surface area contributed by atoms with E-state index >= 15 is 0 Å². The molecule has 4 atom stereocenters. The summed E-state index contributed by atoms with van der Waals surface area (Å²) in [5.74, 6) is 3.04. The molecule has 114 valence electrons. The smallest absolute Gasteiger partial charge is 0.0503 e. The molecule has 1 aliphatic rings. The number of nitrogens with one attached hydrogen (secondary N) is 1. The van der Waals surface area contributed by atoms with E-state index in [0.29, 0.717) is 17.2 Å². The average Bonchev–Trinajstić information content (AvgIpc) is 2.36. The zero-order chi connectivity index (χ0) is 14.4. The summed E-state index contributed by atoms with van der Waals surface area (Å²) < 4.78 is 12.6. The normalized spacial score (nSPS) is 29.9. The van der Waals surface area contributed by atoms with Crippen LogP contribution < -0.4 is 5.32 Å². The van der Waals surface area contributed by atoms with Crippen molar-refractivity contribution in [3.63, 3.8) is 0 Å². The van der Waals surface area contributed by atoms with Crippen LogP contribution in [0.25, 0.3) is 0 Å². The Hall–Kier alpha value is 0.110. The van der Waals surface area contributed by atoms with E-state index in [0.717, 1.165) is 37.0 Å². The third kappa shape index (κ3) is 5.55. The third-order valence-electron chi connectivity index (χ3n) is 4.48. The fourth-order valence-corrected chi connectivity index (χ4v) is 5.12. The fourth-order valence-electron chi connectivity index (χ4n) is 3.06. The van der Waals surface area contributed by atoms with Crippen LogP contribution in [0, 0.1) is 17.8 Å². The molecule has 0 aromatic rings. The highest BCUT2D eigenvalue weighted by molar-refractivity contribution is 7.85. The minimum atomic E-state index is -0.658. The maximum atomic E-state index is 12.6. The van der Waals surface area contributed by atoms with E-state index < -0.39 is 10.8 Å². The van der Waals surface area contributed by atoms with Crippen molar-refractivity contribution >= 4 is 10.8 Å². The number of hydrogen-bond donors (Lipinski definition) is 1. The molecule has 0 bridgehead atoms. The van der Waals surface area contributed by atoms with Crippen molar-refractivity contribution in [2.24, 2.45) is 17.8 Å². The Bertz CT molecular complexity index is 278. The lowest BCUT2D eigenvalue weighted by atomic mass is 9.79. The molecule has 0 aromatic heterocycles. The standard InChI is InChI=1S/C16H33NOS/c1-6-17-15-8-7-14(13(4)5)11-16(15)19(18)10-9-12(2)3/h12-17H,6-11H2,1-5H3. The quantitative estimate of drug-likeness (QED) is 0.775. The van der Waals surface area contributed by atoms with Crippen molar-refractivity contribution in [3.8, 4) is 0 Å². The van der Waals surface area contributed by atoms with Gasteiger partial charge in [0.25, 0.3) is 0 Å². The van der Waals surface area contributed by atoms with Gasteiger partial charge in [-0.3, -0.25) is 4.21 Å². The van der Waals surface area contributed by atoms with Crippen LogP contribution in [-0.2, 0) is 10.8 Å². The van der Waals surface area contributed by atoms with Gasteiger partial charge in [-0.2, -0.15) is 0 Å². The first-order valence-electron chi connectivity index (χ1n) is 8.06. The van der Waals surface area contributed by atoms with Gasteiger partial charge in [-0.1, -0.05) is 34.6 Å². The molecule has 1 rings (SSSR count). The molecule has 0 heterocycles. The molecular formula is C16H33NOS. The molecule has 1 aliphatic carbocycles. The SMILES string of the molecule is CCNC1CCC(C(C)C)CC1S(=O)CCC(C)C. The van der Waals surface area contributed by atoms with Gasteiger partial charge in [0.2, 0.25) is 0 Å². The summed E-state index contributed by atoms with van der Waals surface area (Å²) in [7, 11) is -0.658. The lowest BCUT2D eigenvalue weighted by molar-refractivity contribution is 0.245. The Morgan fingerprint density at radius 1 is 1.21 bits per heavy atom. The van der Waals surface area contributed by atoms with Crippen LogP contribution in [0.3, 0.4) is 0 Å². The molecular weight excluding hydrogens is 254 g/mol. The molecule has 0 spiro atoms. The van der Waals surface area contributed by atoms with Crippen LogP contribution in [0.4, 0.5) is 0 Å². The zero-order valence-corrected chi connectivity index (χ0v) is 14.3. The summed E-state index contributed by atoms with van der Waals surface area (Å²) in [6.07, 6.45) is 4.75. The van der Waals surface area contributed by atoms with Gasteiger partial charge in [-0.15, -0.1) is 0 Å². The summed E-state index contributed by atoms with van der Waals surface area (Å²) in [6, 6.07) is 0.480. The van der Waals surface area contributed by atoms with Crippen LogP contribution in [0.1, 0.15) is 60.3 Å². The number of rotatable bonds is 7. The average molecular weight is 288 g/mol. The predicted molar refractivity (Wildman–Crippen MR) is 85.9 cm³/mol. The molecule has 2 nitrogen and oxygen atoms in total. The molecule has 0 aliphatic heterocycles. The van der Waals surface area contributed by atoms with E-state index in [1.54, 1.807) is 0 Å². The fraction of sp³-hybridized carbons (Fsp3) is 1.00. The van der Waals surface area contributed by atoms with Gasteiger partial charge in [0.15, 0.2) is 0 Å². The first-order valence-corrected chi connectivity index (χ1v) is 9.44. The molecule has 1 fully saturated rings. The van der Waals surface area contributed by atoms with Crippen LogP contribution >= 0.6 is 0 Å². The summed E-state index contributed by atoms with van der Waals surface area (Å²) in [4.78, 5) is 0. The van der Waals surface area contributed by atoms with Crippen molar-refractivity contribution < 1.29 is 4.21 Å². The second-order valence-corrected chi connectivity index (χ2v) is 8.56. The van der Waals surface area contributed by atoms with Gasteiger partial charge >= 0.3 is 0 Å². The Labute approximate surface area is 122 Å². The van der Waals surface area contributed by atoms with Gasteiger partial charge < -0.3 is 5.32 Å². The molecule has 1 N–H and O–H groups in total. The summed E-state index contributed by atoms with van der Waals surface area (Å²) in [6.45, 7) is 12.2. The summed E-state index contributed by atoms with van der Waals surface area (Å²) >= 11 is 0. The van der Waals surface area contributed by atoms with Gasteiger partial charge in [-0.05, 0) is 50.0 Å². The van der Waals surface area contributed by atoms with E-state index in [4.69, 9.17) is 0 Å². The lowest BCUT2D eigenvalue weighted by Crippen LogP contribution is -2.47. The highest BCUT2D eigenvalue weighted by Gasteiger charge is 2.34. The molecule has 3 heteroatoms. The Balaban J connectivity index is 2.62. The molecule has 4 unspecified atom stereocenters. The van der Waals surface area contributed by atoms with E-state index in [1.165, 1.54) is 12.8 Å². The second-order valence-electron chi connectivity index (χ2n) is 6.79. The van der Waals surface area contributed by atoms with Crippen molar-refractivity contribution in [3.05, 3.63) is 0 Å². The minimum absolute atomic E-state index is 0.375. The Kier molecular flexibility index (Phi) is 7.60. The van der Waals surface area contributed by atoms with E-state index in [9.17, 15) is 4.21 Å². The third-order valence-corrected chi connectivity index (χ3v) is 6.31.